The fourth-order valence-corrected chi connectivity index (χ4v) is 4.76. The van der Waals surface area contributed by atoms with Crippen LogP contribution in [0.3, 0.4) is 0 Å². The lowest BCUT2D eigenvalue weighted by Gasteiger charge is -2.30. The average Bonchev–Trinajstić information content (AvgIpc) is 2.82. The van der Waals surface area contributed by atoms with Gasteiger partial charge in [-0.25, -0.2) is 0 Å². The molecular formula is C28H28N2O2S. The van der Waals surface area contributed by atoms with Crippen molar-refractivity contribution in [2.24, 2.45) is 0 Å². The first-order valence-corrected chi connectivity index (χ1v) is 12.0. The van der Waals surface area contributed by atoms with E-state index in [9.17, 15) is 9.59 Å². The molecule has 3 aromatic rings. The number of hydrogen-bond acceptors (Lipinski definition) is 3. The second-order valence-electron chi connectivity index (χ2n) is 8.36. The monoisotopic (exact) mass is 456 g/mol. The highest BCUT2D eigenvalue weighted by Crippen LogP contribution is 2.42. The van der Waals surface area contributed by atoms with E-state index in [1.54, 1.807) is 12.1 Å². The lowest BCUT2D eigenvalue weighted by molar-refractivity contribution is -0.114. The molecule has 2 amide bonds. The topological polar surface area (TPSA) is 49.4 Å². The van der Waals surface area contributed by atoms with Crippen LogP contribution in [0.4, 0.5) is 5.69 Å². The summed E-state index contributed by atoms with van der Waals surface area (Å²) in [6.45, 7) is 6.61. The summed E-state index contributed by atoms with van der Waals surface area (Å²) in [5.74, 6) is -0.0938. The van der Waals surface area contributed by atoms with Crippen LogP contribution < -0.4 is 10.2 Å². The van der Waals surface area contributed by atoms with Crippen molar-refractivity contribution in [2.75, 3.05) is 4.90 Å². The Hall–Kier alpha value is -3.31. The summed E-state index contributed by atoms with van der Waals surface area (Å²) >= 11 is 1.49. The van der Waals surface area contributed by atoms with Crippen LogP contribution in [0.25, 0.3) is 6.08 Å². The molecule has 5 heteroatoms. The van der Waals surface area contributed by atoms with Gasteiger partial charge in [0, 0.05) is 16.5 Å². The highest BCUT2D eigenvalue weighted by atomic mass is 32.2. The predicted molar refractivity (Wildman–Crippen MR) is 136 cm³/mol. The Kier molecular flexibility index (Phi) is 6.99. The van der Waals surface area contributed by atoms with Crippen molar-refractivity contribution in [1.29, 1.82) is 0 Å². The zero-order chi connectivity index (χ0) is 23.4. The Morgan fingerprint density at radius 1 is 1.06 bits per heavy atom. The second-order valence-corrected chi connectivity index (χ2v) is 9.45. The molecule has 1 N–H and O–H groups in total. The summed E-state index contributed by atoms with van der Waals surface area (Å²) in [5.41, 5.74) is 4.71. The van der Waals surface area contributed by atoms with E-state index in [0.717, 1.165) is 28.1 Å². The molecule has 168 valence electrons. The minimum absolute atomic E-state index is 0.0150. The van der Waals surface area contributed by atoms with E-state index in [2.05, 4.69) is 30.4 Å². The van der Waals surface area contributed by atoms with E-state index in [1.807, 2.05) is 67.3 Å². The number of rotatable bonds is 6. The van der Waals surface area contributed by atoms with Crippen LogP contribution in [0.1, 0.15) is 47.3 Å². The Balaban J connectivity index is 1.60. The van der Waals surface area contributed by atoms with E-state index in [0.29, 0.717) is 17.0 Å². The summed E-state index contributed by atoms with van der Waals surface area (Å²) in [7, 11) is 0. The molecule has 0 aromatic heterocycles. The normalized spacial score (nSPS) is 15.3. The first-order valence-electron chi connectivity index (χ1n) is 11.2. The standard InChI is InChI=1S/C28H28N2O2S/c1-4-20(3)29-27(31)23-14-12-21(13-15-23)17-26-28(32)30(18-22-9-7-8-19(2)16-22)24-10-5-6-11-25(24)33-26/h5-17,20H,4,18H2,1-3H3,(H,29,31)/b26-17+. The van der Waals surface area contributed by atoms with E-state index in [-0.39, 0.29) is 17.9 Å². The van der Waals surface area contributed by atoms with E-state index in [1.165, 1.54) is 17.3 Å². The van der Waals surface area contributed by atoms with Gasteiger partial charge in [-0.05, 0) is 61.7 Å². The maximum atomic E-state index is 13.5. The van der Waals surface area contributed by atoms with Crippen molar-refractivity contribution in [3.05, 3.63) is 100.0 Å². The number of nitrogens with zero attached hydrogens (tertiary/aromatic N) is 1. The molecule has 0 fully saturated rings. The van der Waals surface area contributed by atoms with Crippen molar-refractivity contribution < 1.29 is 9.59 Å². The molecule has 1 aliphatic rings. The smallest absolute Gasteiger partial charge is 0.265 e. The molecule has 4 nitrogen and oxygen atoms in total. The van der Waals surface area contributed by atoms with Crippen LogP contribution >= 0.6 is 11.8 Å². The molecule has 1 heterocycles. The van der Waals surface area contributed by atoms with E-state index < -0.39 is 0 Å². The van der Waals surface area contributed by atoms with Gasteiger partial charge >= 0.3 is 0 Å². The number of carbonyl (C=O) groups is 2. The van der Waals surface area contributed by atoms with Crippen molar-refractivity contribution in [1.82, 2.24) is 5.32 Å². The molecule has 3 aromatic carbocycles. The predicted octanol–water partition coefficient (Wildman–Crippen LogP) is 6.20. The summed E-state index contributed by atoms with van der Waals surface area (Å²) in [5, 5.41) is 2.98. The van der Waals surface area contributed by atoms with Gasteiger partial charge in [-0.2, -0.15) is 0 Å². The van der Waals surface area contributed by atoms with Gasteiger partial charge < -0.3 is 10.2 Å². The first-order chi connectivity index (χ1) is 15.9. The lowest BCUT2D eigenvalue weighted by atomic mass is 10.1. The summed E-state index contributed by atoms with van der Waals surface area (Å²) in [4.78, 5) is 29.4. The Morgan fingerprint density at radius 2 is 1.82 bits per heavy atom. The van der Waals surface area contributed by atoms with Gasteiger partial charge in [-0.1, -0.05) is 72.8 Å². The maximum absolute atomic E-state index is 13.5. The minimum Gasteiger partial charge on any atom is -0.350 e. The van der Waals surface area contributed by atoms with Crippen LogP contribution in [0, 0.1) is 6.92 Å². The Bertz CT molecular complexity index is 1200. The first kappa shape index (κ1) is 22.9. The number of fused-ring (bicyclic) bond motifs is 1. The van der Waals surface area contributed by atoms with Crippen molar-refractivity contribution in [3.63, 3.8) is 0 Å². The van der Waals surface area contributed by atoms with Gasteiger partial charge in [0.2, 0.25) is 0 Å². The Labute approximate surface area is 199 Å². The number of hydrogen-bond donors (Lipinski definition) is 1. The van der Waals surface area contributed by atoms with E-state index >= 15 is 0 Å². The SMILES string of the molecule is CCC(C)NC(=O)c1ccc(/C=C2/Sc3ccccc3N(Cc3cccc(C)c3)C2=O)cc1. The van der Waals surface area contributed by atoms with Gasteiger partial charge in [0.15, 0.2) is 0 Å². The number of thioether (sulfide) groups is 1. The van der Waals surface area contributed by atoms with Crippen molar-refractivity contribution in [3.8, 4) is 0 Å². The molecule has 1 aliphatic heterocycles. The molecule has 0 spiro atoms. The van der Waals surface area contributed by atoms with Crippen LogP contribution in [0.5, 0.6) is 0 Å². The molecule has 0 saturated heterocycles. The zero-order valence-corrected chi connectivity index (χ0v) is 20.0. The largest absolute Gasteiger partial charge is 0.350 e. The third kappa shape index (κ3) is 5.37. The summed E-state index contributed by atoms with van der Waals surface area (Å²) in [6, 6.07) is 23.8. The summed E-state index contributed by atoms with van der Waals surface area (Å²) < 4.78 is 0. The molecule has 0 radical (unpaired) electrons. The molecule has 0 aliphatic carbocycles. The molecule has 4 rings (SSSR count). The lowest BCUT2D eigenvalue weighted by Crippen LogP contribution is -2.33. The number of amides is 2. The fraction of sp³-hybridized carbons (Fsp3) is 0.214. The van der Waals surface area contributed by atoms with Crippen LogP contribution in [0.2, 0.25) is 0 Å². The van der Waals surface area contributed by atoms with Crippen molar-refractivity contribution in [2.45, 2.75) is 44.7 Å². The highest BCUT2D eigenvalue weighted by molar-refractivity contribution is 8.04. The van der Waals surface area contributed by atoms with Gasteiger partial charge in [0.05, 0.1) is 17.1 Å². The highest BCUT2D eigenvalue weighted by Gasteiger charge is 2.29. The number of para-hydroxylation sites is 1. The Morgan fingerprint density at radius 3 is 2.55 bits per heavy atom. The number of carbonyl (C=O) groups excluding carboxylic acids is 2. The van der Waals surface area contributed by atoms with Crippen molar-refractivity contribution >= 4 is 35.3 Å². The average molecular weight is 457 g/mol. The molecule has 0 saturated carbocycles. The van der Waals surface area contributed by atoms with Gasteiger partial charge in [-0.3, -0.25) is 9.59 Å². The number of nitrogens with one attached hydrogen (secondary N) is 1. The molecule has 0 bridgehead atoms. The molecular weight excluding hydrogens is 428 g/mol. The number of aryl methyl sites for hydroxylation is 1. The molecule has 1 atom stereocenters. The maximum Gasteiger partial charge on any atom is 0.265 e. The van der Waals surface area contributed by atoms with Gasteiger partial charge in [0.1, 0.15) is 0 Å². The van der Waals surface area contributed by atoms with Crippen LogP contribution in [-0.2, 0) is 11.3 Å². The van der Waals surface area contributed by atoms with E-state index in [4.69, 9.17) is 0 Å². The van der Waals surface area contributed by atoms with Gasteiger partial charge in [-0.15, -0.1) is 0 Å². The van der Waals surface area contributed by atoms with Crippen LogP contribution in [-0.4, -0.2) is 17.9 Å². The molecule has 1 unspecified atom stereocenters. The zero-order valence-electron chi connectivity index (χ0n) is 19.2. The fourth-order valence-electron chi connectivity index (χ4n) is 3.70. The summed E-state index contributed by atoms with van der Waals surface area (Å²) in [6.07, 6.45) is 2.79. The third-order valence-corrected chi connectivity index (χ3v) is 6.79. The number of benzene rings is 3. The quantitative estimate of drug-likeness (QED) is 0.449. The third-order valence-electron chi connectivity index (χ3n) is 5.72. The van der Waals surface area contributed by atoms with Gasteiger partial charge in [0.25, 0.3) is 11.8 Å². The number of anilines is 1. The van der Waals surface area contributed by atoms with Crippen LogP contribution in [0.15, 0.2) is 82.6 Å². The molecule has 33 heavy (non-hydrogen) atoms. The minimum atomic E-state index is -0.0788. The second kappa shape index (κ2) is 10.1.